The molecule has 2 atom stereocenters. The molecule has 6 heteroatoms. The van der Waals surface area contributed by atoms with E-state index < -0.39 is 0 Å². The van der Waals surface area contributed by atoms with Crippen LogP contribution in [-0.2, 0) is 9.59 Å². The summed E-state index contributed by atoms with van der Waals surface area (Å²) >= 11 is 0. The summed E-state index contributed by atoms with van der Waals surface area (Å²) < 4.78 is 0. The molecular weight excluding hydrogens is 314 g/mol. The number of rotatable bonds is 4. The summed E-state index contributed by atoms with van der Waals surface area (Å²) in [6.07, 6.45) is 5.06. The van der Waals surface area contributed by atoms with E-state index in [0.29, 0.717) is 24.9 Å². The minimum Gasteiger partial charge on any atom is -0.355 e. The second kappa shape index (κ2) is 8.88. The van der Waals surface area contributed by atoms with Crippen LogP contribution in [-0.4, -0.2) is 48.9 Å². The van der Waals surface area contributed by atoms with Gasteiger partial charge in [-0.2, -0.15) is 0 Å². The lowest BCUT2D eigenvalue weighted by atomic mass is 9.94. The molecule has 2 aliphatic heterocycles. The fraction of sp³-hybridized carbons (Fsp3) is 0.882. The van der Waals surface area contributed by atoms with Gasteiger partial charge in [0.2, 0.25) is 11.8 Å². The Balaban J connectivity index is 0.00000264. The molecule has 2 amide bonds. The van der Waals surface area contributed by atoms with Gasteiger partial charge in [0.1, 0.15) is 0 Å². The highest BCUT2D eigenvalue weighted by Gasteiger charge is 2.28. The van der Waals surface area contributed by atoms with E-state index in [0.717, 1.165) is 38.9 Å². The van der Waals surface area contributed by atoms with Crippen LogP contribution in [0.5, 0.6) is 0 Å². The van der Waals surface area contributed by atoms with Gasteiger partial charge in [0.05, 0.1) is 0 Å². The lowest BCUT2D eigenvalue weighted by molar-refractivity contribution is -0.133. The number of carbonyl (C=O) groups is 2. The van der Waals surface area contributed by atoms with Crippen LogP contribution in [0.1, 0.15) is 52.9 Å². The number of halogens is 1. The molecule has 5 nitrogen and oxygen atoms in total. The smallest absolute Gasteiger partial charge is 0.225 e. The fourth-order valence-corrected chi connectivity index (χ4v) is 3.23. The minimum absolute atomic E-state index is 0. The van der Waals surface area contributed by atoms with Gasteiger partial charge in [-0.15, -0.1) is 12.4 Å². The van der Waals surface area contributed by atoms with Crippen molar-refractivity contribution in [1.82, 2.24) is 15.5 Å². The van der Waals surface area contributed by atoms with Crippen molar-refractivity contribution in [1.29, 1.82) is 0 Å². The zero-order valence-electron chi connectivity index (χ0n) is 14.7. The summed E-state index contributed by atoms with van der Waals surface area (Å²) in [5.41, 5.74) is -0.349. The van der Waals surface area contributed by atoms with Crippen molar-refractivity contribution in [3.05, 3.63) is 0 Å². The molecule has 2 fully saturated rings. The van der Waals surface area contributed by atoms with Crippen LogP contribution in [0.3, 0.4) is 0 Å². The second-order valence-electron chi connectivity index (χ2n) is 7.81. The molecule has 2 aliphatic rings. The van der Waals surface area contributed by atoms with Gasteiger partial charge in [-0.1, -0.05) is 20.8 Å². The maximum absolute atomic E-state index is 12.4. The largest absolute Gasteiger partial charge is 0.355 e. The van der Waals surface area contributed by atoms with Gasteiger partial charge in [-0.25, -0.2) is 0 Å². The van der Waals surface area contributed by atoms with E-state index in [2.05, 4.69) is 10.6 Å². The van der Waals surface area contributed by atoms with Crippen LogP contribution in [0.2, 0.25) is 0 Å². The van der Waals surface area contributed by atoms with Gasteiger partial charge >= 0.3 is 0 Å². The molecule has 0 aliphatic carbocycles. The molecule has 0 saturated carbocycles. The number of likely N-dealkylation sites (tertiary alicyclic amines) is 1. The van der Waals surface area contributed by atoms with Crippen LogP contribution in [0.4, 0.5) is 0 Å². The standard InChI is InChI=1S/C17H31N3O2.ClH/c1-17(2,3)16(22)19-11-13-6-5-9-20(12-13)15(21)10-14-7-4-8-18-14;/h13-14,18H,4-12H2,1-3H3,(H,19,22);1H. The van der Waals surface area contributed by atoms with Gasteiger partial charge < -0.3 is 15.5 Å². The SMILES string of the molecule is CC(C)(C)C(=O)NCC1CCCN(C(=O)CC2CCCN2)C1.Cl. The van der Waals surface area contributed by atoms with Crippen LogP contribution < -0.4 is 10.6 Å². The number of amides is 2. The Bertz CT molecular complexity index is 403. The van der Waals surface area contributed by atoms with Crippen LogP contribution >= 0.6 is 12.4 Å². The molecule has 0 aromatic heterocycles. The Hall–Kier alpha value is -0.810. The van der Waals surface area contributed by atoms with Crippen molar-refractivity contribution in [2.75, 3.05) is 26.2 Å². The molecule has 0 aromatic carbocycles. The molecule has 2 heterocycles. The molecule has 2 saturated heterocycles. The topological polar surface area (TPSA) is 61.4 Å². The Labute approximate surface area is 146 Å². The van der Waals surface area contributed by atoms with Gasteiger partial charge in [0.15, 0.2) is 0 Å². The average molecular weight is 346 g/mol. The van der Waals surface area contributed by atoms with Crippen LogP contribution in [0, 0.1) is 11.3 Å². The average Bonchev–Trinajstić information content (AvgIpc) is 2.97. The van der Waals surface area contributed by atoms with Crippen LogP contribution in [0.25, 0.3) is 0 Å². The Morgan fingerprint density at radius 1 is 1.22 bits per heavy atom. The molecule has 23 heavy (non-hydrogen) atoms. The minimum atomic E-state index is -0.349. The summed E-state index contributed by atoms with van der Waals surface area (Å²) in [5, 5.41) is 6.43. The first-order valence-electron chi connectivity index (χ1n) is 8.65. The first kappa shape index (κ1) is 20.2. The van der Waals surface area contributed by atoms with E-state index in [1.165, 1.54) is 6.42 Å². The molecule has 0 spiro atoms. The molecule has 134 valence electrons. The third kappa shape index (κ3) is 6.30. The van der Waals surface area contributed by atoms with E-state index in [1.807, 2.05) is 25.7 Å². The normalized spacial score (nSPS) is 24.9. The molecule has 0 radical (unpaired) electrons. The Morgan fingerprint density at radius 2 is 1.96 bits per heavy atom. The number of nitrogens with zero attached hydrogens (tertiary/aromatic N) is 1. The van der Waals surface area contributed by atoms with Gasteiger partial charge in [0, 0.05) is 37.5 Å². The highest BCUT2D eigenvalue weighted by atomic mass is 35.5. The molecule has 2 rings (SSSR count). The maximum atomic E-state index is 12.4. The number of piperidine rings is 1. The summed E-state index contributed by atoms with van der Waals surface area (Å²) in [7, 11) is 0. The summed E-state index contributed by atoms with van der Waals surface area (Å²) in [6, 6.07) is 0.369. The number of carbonyl (C=O) groups excluding carboxylic acids is 2. The quantitative estimate of drug-likeness (QED) is 0.818. The summed E-state index contributed by atoms with van der Waals surface area (Å²) in [5.74, 6) is 0.748. The van der Waals surface area contributed by atoms with E-state index >= 15 is 0 Å². The van der Waals surface area contributed by atoms with Gasteiger partial charge in [0.25, 0.3) is 0 Å². The first-order chi connectivity index (χ1) is 10.4. The molecular formula is C17H32ClN3O2. The van der Waals surface area contributed by atoms with Gasteiger partial charge in [-0.05, 0) is 38.1 Å². The highest BCUT2D eigenvalue weighted by molar-refractivity contribution is 5.85. The predicted octanol–water partition coefficient (Wildman–Crippen LogP) is 1.95. The van der Waals surface area contributed by atoms with Crippen molar-refractivity contribution >= 4 is 24.2 Å². The fourth-order valence-electron chi connectivity index (χ4n) is 3.23. The third-order valence-corrected chi connectivity index (χ3v) is 4.69. The van der Waals surface area contributed by atoms with Gasteiger partial charge in [-0.3, -0.25) is 9.59 Å². The monoisotopic (exact) mass is 345 g/mol. The first-order valence-corrected chi connectivity index (χ1v) is 8.65. The summed E-state index contributed by atoms with van der Waals surface area (Å²) in [6.45, 7) is 9.15. The Kier molecular flexibility index (Phi) is 7.81. The molecule has 2 unspecified atom stereocenters. The number of nitrogens with one attached hydrogen (secondary N) is 2. The zero-order chi connectivity index (χ0) is 16.2. The van der Waals surface area contributed by atoms with Crippen LogP contribution in [0.15, 0.2) is 0 Å². The summed E-state index contributed by atoms with van der Waals surface area (Å²) in [4.78, 5) is 26.3. The van der Waals surface area contributed by atoms with Crippen molar-refractivity contribution < 1.29 is 9.59 Å². The van der Waals surface area contributed by atoms with Crippen molar-refractivity contribution in [3.8, 4) is 0 Å². The highest BCUT2D eigenvalue weighted by Crippen LogP contribution is 2.19. The molecule has 2 N–H and O–H groups in total. The van der Waals surface area contributed by atoms with Crippen molar-refractivity contribution in [2.24, 2.45) is 11.3 Å². The number of hydrogen-bond acceptors (Lipinski definition) is 3. The number of hydrogen-bond donors (Lipinski definition) is 2. The van der Waals surface area contributed by atoms with E-state index in [1.54, 1.807) is 0 Å². The third-order valence-electron chi connectivity index (χ3n) is 4.69. The second-order valence-corrected chi connectivity index (χ2v) is 7.81. The molecule has 0 aromatic rings. The van der Waals surface area contributed by atoms with Crippen molar-refractivity contribution in [2.45, 2.75) is 58.9 Å². The molecule has 0 bridgehead atoms. The van der Waals surface area contributed by atoms with E-state index in [9.17, 15) is 9.59 Å². The Morgan fingerprint density at radius 3 is 2.57 bits per heavy atom. The maximum Gasteiger partial charge on any atom is 0.225 e. The zero-order valence-corrected chi connectivity index (χ0v) is 15.5. The predicted molar refractivity (Wildman–Crippen MR) is 94.7 cm³/mol. The van der Waals surface area contributed by atoms with E-state index in [-0.39, 0.29) is 29.6 Å². The van der Waals surface area contributed by atoms with E-state index in [4.69, 9.17) is 0 Å². The lowest BCUT2D eigenvalue weighted by Crippen LogP contribution is -2.46. The van der Waals surface area contributed by atoms with Crippen molar-refractivity contribution in [3.63, 3.8) is 0 Å². The lowest BCUT2D eigenvalue weighted by Gasteiger charge is -2.34.